The van der Waals surface area contributed by atoms with Crippen LogP contribution in [0.4, 0.5) is 0 Å². The van der Waals surface area contributed by atoms with E-state index in [9.17, 15) is 9.59 Å². The number of hydrogen-bond acceptors (Lipinski definition) is 7. The minimum atomic E-state index is -0.449. The molecule has 1 aromatic rings. The maximum Gasteiger partial charge on any atom is 0.254 e. The molecule has 3 rings (SSSR count). The number of carbonyl (C=O) groups is 2. The van der Waals surface area contributed by atoms with Crippen molar-refractivity contribution in [2.24, 2.45) is 4.99 Å². The van der Waals surface area contributed by atoms with Gasteiger partial charge in [0.15, 0.2) is 5.17 Å². The quantitative estimate of drug-likeness (QED) is 0.526. The summed E-state index contributed by atoms with van der Waals surface area (Å²) in [6, 6.07) is 7.24. The molecule has 2 aliphatic heterocycles. The van der Waals surface area contributed by atoms with Crippen molar-refractivity contribution in [3.63, 3.8) is 0 Å². The maximum atomic E-state index is 13.7. The number of carbonyl (C=O) groups excluding carboxylic acids is 2. The number of amidine groups is 1. The van der Waals surface area contributed by atoms with E-state index in [0.29, 0.717) is 43.3 Å². The van der Waals surface area contributed by atoms with Gasteiger partial charge in [0.1, 0.15) is 5.75 Å². The van der Waals surface area contributed by atoms with Crippen molar-refractivity contribution < 1.29 is 19.1 Å². The summed E-state index contributed by atoms with van der Waals surface area (Å²) in [6.45, 7) is 7.89. The van der Waals surface area contributed by atoms with Crippen LogP contribution in [0.25, 0.3) is 0 Å². The molecule has 9 heteroatoms. The highest BCUT2D eigenvalue weighted by Crippen LogP contribution is 2.47. The molecule has 1 unspecified atom stereocenters. The van der Waals surface area contributed by atoms with Crippen molar-refractivity contribution >= 4 is 28.7 Å². The second-order valence-corrected chi connectivity index (χ2v) is 8.47. The molecular formula is C24H32N4O4S. The van der Waals surface area contributed by atoms with Gasteiger partial charge in [-0.15, -0.1) is 0 Å². The van der Waals surface area contributed by atoms with E-state index in [2.05, 4.69) is 5.32 Å². The van der Waals surface area contributed by atoms with Gasteiger partial charge in [0.05, 0.1) is 37.4 Å². The van der Waals surface area contributed by atoms with Crippen molar-refractivity contribution in [1.29, 1.82) is 0 Å². The van der Waals surface area contributed by atoms with Crippen LogP contribution in [0.3, 0.4) is 0 Å². The van der Waals surface area contributed by atoms with Crippen LogP contribution in [-0.4, -0.2) is 67.2 Å². The Kier molecular flexibility index (Phi) is 8.57. The summed E-state index contributed by atoms with van der Waals surface area (Å²) in [5.74, 6) is 0.515. The second-order valence-electron chi connectivity index (χ2n) is 7.63. The minimum Gasteiger partial charge on any atom is -0.496 e. The Morgan fingerprint density at radius 3 is 2.61 bits per heavy atom. The first-order chi connectivity index (χ1) is 16.0. The Hall–Kier alpha value is -2.78. The van der Waals surface area contributed by atoms with E-state index in [-0.39, 0.29) is 18.2 Å². The van der Waals surface area contributed by atoms with Crippen LogP contribution in [0.1, 0.15) is 38.8 Å². The number of thioether (sulfide) groups is 1. The molecule has 8 nitrogen and oxygen atoms in total. The number of methoxy groups -OCH3 is 2. The first-order valence-electron chi connectivity index (χ1n) is 11.1. The van der Waals surface area contributed by atoms with Crippen molar-refractivity contribution in [3.05, 3.63) is 52.2 Å². The fraction of sp³-hybridized carbons (Fsp3) is 0.458. The number of nitrogens with zero attached hydrogens (tertiary/aromatic N) is 3. The molecule has 178 valence electrons. The van der Waals surface area contributed by atoms with E-state index in [0.717, 1.165) is 16.4 Å². The molecule has 2 heterocycles. The first-order valence-corrected chi connectivity index (χ1v) is 12.0. The predicted molar refractivity (Wildman–Crippen MR) is 131 cm³/mol. The Morgan fingerprint density at radius 2 is 1.94 bits per heavy atom. The van der Waals surface area contributed by atoms with Crippen LogP contribution in [0.15, 0.2) is 51.6 Å². The molecular weight excluding hydrogens is 440 g/mol. The lowest BCUT2D eigenvalue weighted by Gasteiger charge is -2.38. The fourth-order valence-electron chi connectivity index (χ4n) is 4.03. The molecule has 2 aliphatic rings. The average Bonchev–Trinajstić information content (AvgIpc) is 3.20. The molecule has 0 saturated carbocycles. The SMILES string of the molecule is CCN(CC)C(=O)C1=C(C)N=C2SC=C(CC(=O)NCCOC)N2C1c1ccccc1OC. The summed E-state index contributed by atoms with van der Waals surface area (Å²) >= 11 is 1.46. The highest BCUT2D eigenvalue weighted by Gasteiger charge is 2.42. The van der Waals surface area contributed by atoms with Gasteiger partial charge >= 0.3 is 0 Å². The van der Waals surface area contributed by atoms with E-state index in [1.54, 1.807) is 19.1 Å². The van der Waals surface area contributed by atoms with Crippen LogP contribution < -0.4 is 10.1 Å². The third-order valence-electron chi connectivity index (χ3n) is 5.69. The lowest BCUT2D eigenvalue weighted by molar-refractivity contribution is -0.127. The number of ether oxygens (including phenoxy) is 2. The number of benzene rings is 1. The molecule has 1 N–H and O–H groups in total. The Balaban J connectivity index is 2.05. The highest BCUT2D eigenvalue weighted by atomic mass is 32.2. The molecule has 0 spiro atoms. The number of hydrogen-bond donors (Lipinski definition) is 1. The average molecular weight is 473 g/mol. The predicted octanol–water partition coefficient (Wildman–Crippen LogP) is 3.29. The summed E-state index contributed by atoms with van der Waals surface area (Å²) in [4.78, 5) is 34.8. The molecule has 0 aromatic heterocycles. The molecule has 0 saturated heterocycles. The van der Waals surface area contributed by atoms with Gasteiger partial charge in [-0.3, -0.25) is 9.59 Å². The van der Waals surface area contributed by atoms with Gasteiger partial charge in [0.25, 0.3) is 5.91 Å². The second kappa shape index (κ2) is 11.4. The summed E-state index contributed by atoms with van der Waals surface area (Å²) in [7, 11) is 3.22. The third kappa shape index (κ3) is 5.25. The van der Waals surface area contributed by atoms with Gasteiger partial charge in [0, 0.05) is 38.0 Å². The molecule has 0 aliphatic carbocycles. The fourth-order valence-corrected chi connectivity index (χ4v) is 4.99. The van der Waals surface area contributed by atoms with E-state index >= 15 is 0 Å². The first kappa shape index (κ1) is 24.9. The van der Waals surface area contributed by atoms with Crippen LogP contribution in [0.5, 0.6) is 5.75 Å². The van der Waals surface area contributed by atoms with Crippen molar-refractivity contribution in [1.82, 2.24) is 15.1 Å². The van der Waals surface area contributed by atoms with E-state index in [4.69, 9.17) is 14.5 Å². The van der Waals surface area contributed by atoms with Gasteiger partial charge in [-0.25, -0.2) is 4.99 Å². The van der Waals surface area contributed by atoms with Gasteiger partial charge in [-0.05, 0) is 32.2 Å². The molecule has 0 fully saturated rings. The maximum absolute atomic E-state index is 13.7. The zero-order valence-corrected chi connectivity index (χ0v) is 20.7. The number of likely N-dealkylation sites (N-methyl/N-ethyl adjacent to an activating group) is 1. The monoisotopic (exact) mass is 472 g/mol. The van der Waals surface area contributed by atoms with Crippen LogP contribution in [0, 0.1) is 0 Å². The molecule has 2 amide bonds. The standard InChI is InChI=1S/C24H32N4O4S/c1-6-27(7-2)23(30)21-16(3)26-24-28(22(21)18-10-8-9-11-19(18)32-5)17(15-33-24)14-20(29)25-12-13-31-4/h8-11,15,22H,6-7,12-14H2,1-5H3,(H,25,29). The van der Waals surface area contributed by atoms with Crippen LogP contribution in [0.2, 0.25) is 0 Å². The smallest absolute Gasteiger partial charge is 0.254 e. The normalized spacial score (nSPS) is 17.4. The largest absolute Gasteiger partial charge is 0.496 e. The number of nitrogens with one attached hydrogen (secondary N) is 1. The lowest BCUT2D eigenvalue weighted by atomic mass is 9.92. The summed E-state index contributed by atoms with van der Waals surface area (Å²) in [6.07, 6.45) is 0.174. The number of para-hydroxylation sites is 1. The third-order valence-corrected chi connectivity index (χ3v) is 6.57. The lowest BCUT2D eigenvalue weighted by Crippen LogP contribution is -2.42. The minimum absolute atomic E-state index is 0.0583. The van der Waals surface area contributed by atoms with Gasteiger partial charge in [-0.2, -0.15) is 0 Å². The van der Waals surface area contributed by atoms with Crippen molar-refractivity contribution in [3.8, 4) is 5.75 Å². The molecule has 33 heavy (non-hydrogen) atoms. The van der Waals surface area contributed by atoms with Gasteiger partial charge < -0.3 is 24.6 Å². The zero-order valence-electron chi connectivity index (χ0n) is 19.9. The summed E-state index contributed by atoms with van der Waals surface area (Å²) < 4.78 is 10.7. The van der Waals surface area contributed by atoms with Gasteiger partial charge in [-0.1, -0.05) is 30.0 Å². The van der Waals surface area contributed by atoms with Crippen molar-refractivity contribution in [2.75, 3.05) is 40.5 Å². The number of fused-ring (bicyclic) bond motifs is 1. The summed E-state index contributed by atoms with van der Waals surface area (Å²) in [5.41, 5.74) is 2.93. The Morgan fingerprint density at radius 1 is 1.21 bits per heavy atom. The number of rotatable bonds is 10. The Bertz CT molecular complexity index is 984. The van der Waals surface area contributed by atoms with E-state index in [1.807, 2.05) is 55.3 Å². The zero-order chi connectivity index (χ0) is 24.0. The number of aliphatic imine (C=N–C) groups is 1. The van der Waals surface area contributed by atoms with Crippen LogP contribution >= 0.6 is 11.8 Å². The van der Waals surface area contributed by atoms with Crippen LogP contribution in [-0.2, 0) is 14.3 Å². The molecule has 1 aromatic carbocycles. The van der Waals surface area contributed by atoms with E-state index < -0.39 is 6.04 Å². The highest BCUT2D eigenvalue weighted by molar-refractivity contribution is 8.16. The molecule has 0 radical (unpaired) electrons. The van der Waals surface area contributed by atoms with Crippen molar-refractivity contribution in [2.45, 2.75) is 33.2 Å². The van der Waals surface area contributed by atoms with E-state index in [1.165, 1.54) is 11.8 Å². The number of amides is 2. The molecule has 0 bridgehead atoms. The topological polar surface area (TPSA) is 83.5 Å². The molecule has 1 atom stereocenters. The van der Waals surface area contributed by atoms with Gasteiger partial charge in [0.2, 0.25) is 5.91 Å². The number of allylic oxidation sites excluding steroid dienone is 1. The summed E-state index contributed by atoms with van der Waals surface area (Å²) in [5, 5.41) is 5.56. The Labute approximate surface area is 199 Å².